The lowest BCUT2D eigenvalue weighted by Crippen LogP contribution is -2.38. The standard InChI is InChI=1S/C14H25NO3S/c1-2-12-4-5-14(16)13(10-12)11-15-6-3-8-19(17,18)9-7-15/h12-13H,2-11H2,1H3. The molecule has 2 atom stereocenters. The number of rotatable bonds is 3. The van der Waals surface area contributed by atoms with E-state index in [2.05, 4.69) is 11.8 Å². The van der Waals surface area contributed by atoms with E-state index < -0.39 is 9.84 Å². The molecule has 19 heavy (non-hydrogen) atoms. The number of ketones is 1. The van der Waals surface area contributed by atoms with Crippen molar-refractivity contribution in [3.8, 4) is 0 Å². The van der Waals surface area contributed by atoms with Gasteiger partial charge < -0.3 is 4.90 Å². The maximum Gasteiger partial charge on any atom is 0.151 e. The van der Waals surface area contributed by atoms with Gasteiger partial charge in [0.15, 0.2) is 9.84 Å². The second kappa shape index (κ2) is 6.35. The zero-order chi connectivity index (χ0) is 13.9. The molecule has 2 unspecified atom stereocenters. The topological polar surface area (TPSA) is 54.5 Å². The third kappa shape index (κ3) is 4.28. The van der Waals surface area contributed by atoms with Crippen molar-refractivity contribution in [2.75, 3.05) is 31.1 Å². The first-order valence-electron chi connectivity index (χ1n) is 7.45. The van der Waals surface area contributed by atoms with E-state index in [9.17, 15) is 13.2 Å². The minimum Gasteiger partial charge on any atom is -0.302 e. The van der Waals surface area contributed by atoms with E-state index in [1.807, 2.05) is 0 Å². The predicted molar refractivity (Wildman–Crippen MR) is 75.8 cm³/mol. The van der Waals surface area contributed by atoms with Crippen LogP contribution in [0.5, 0.6) is 0 Å². The van der Waals surface area contributed by atoms with Crippen molar-refractivity contribution in [3.05, 3.63) is 0 Å². The Labute approximate surface area is 116 Å². The minimum absolute atomic E-state index is 0.138. The number of Topliss-reactive ketones (excluding diaryl/α,β-unsaturated/α-hetero) is 1. The van der Waals surface area contributed by atoms with Gasteiger partial charge in [0.05, 0.1) is 11.5 Å². The maximum absolute atomic E-state index is 12.0. The van der Waals surface area contributed by atoms with Crippen molar-refractivity contribution in [3.63, 3.8) is 0 Å². The van der Waals surface area contributed by atoms with Crippen molar-refractivity contribution in [1.82, 2.24) is 4.90 Å². The summed E-state index contributed by atoms with van der Waals surface area (Å²) in [6.45, 7) is 4.38. The number of hydrogen-bond donors (Lipinski definition) is 0. The average Bonchev–Trinajstić information content (AvgIpc) is 2.54. The molecule has 110 valence electrons. The number of nitrogens with zero attached hydrogens (tertiary/aromatic N) is 1. The van der Waals surface area contributed by atoms with Crippen LogP contribution in [0, 0.1) is 11.8 Å². The SMILES string of the molecule is CCC1CCC(=O)C(CN2CCCS(=O)(=O)CC2)C1. The van der Waals surface area contributed by atoms with Crippen LogP contribution in [0.1, 0.15) is 39.0 Å². The molecule has 0 amide bonds. The molecule has 5 heteroatoms. The molecule has 0 spiro atoms. The second-order valence-electron chi connectivity index (χ2n) is 6.02. The first-order valence-corrected chi connectivity index (χ1v) is 9.28. The molecule has 1 aliphatic heterocycles. The highest BCUT2D eigenvalue weighted by molar-refractivity contribution is 7.91. The van der Waals surface area contributed by atoms with Crippen LogP contribution in [0.25, 0.3) is 0 Å². The van der Waals surface area contributed by atoms with Crippen molar-refractivity contribution in [1.29, 1.82) is 0 Å². The van der Waals surface area contributed by atoms with Gasteiger partial charge in [0.25, 0.3) is 0 Å². The van der Waals surface area contributed by atoms with Gasteiger partial charge in [-0.2, -0.15) is 0 Å². The van der Waals surface area contributed by atoms with E-state index in [1.165, 1.54) is 0 Å². The van der Waals surface area contributed by atoms with Gasteiger partial charge in [0.2, 0.25) is 0 Å². The summed E-state index contributed by atoms with van der Waals surface area (Å²) in [7, 11) is -2.85. The largest absolute Gasteiger partial charge is 0.302 e. The number of carbonyl (C=O) groups is 1. The molecule has 4 nitrogen and oxygen atoms in total. The highest BCUT2D eigenvalue weighted by atomic mass is 32.2. The molecule has 1 heterocycles. The third-order valence-corrected chi connectivity index (χ3v) is 6.29. The molecule has 0 aromatic rings. The molecule has 1 saturated carbocycles. The Bertz CT molecular complexity index is 418. The molecule has 0 aromatic carbocycles. The van der Waals surface area contributed by atoms with Crippen LogP contribution in [0.15, 0.2) is 0 Å². The third-order valence-electron chi connectivity index (χ3n) is 4.58. The lowest BCUT2D eigenvalue weighted by Gasteiger charge is -2.31. The molecular formula is C14H25NO3S. The van der Waals surface area contributed by atoms with E-state index in [1.54, 1.807) is 0 Å². The van der Waals surface area contributed by atoms with Gasteiger partial charge >= 0.3 is 0 Å². The first kappa shape index (κ1) is 15.0. The van der Waals surface area contributed by atoms with Crippen LogP contribution >= 0.6 is 0 Å². The fraction of sp³-hybridized carbons (Fsp3) is 0.929. The minimum atomic E-state index is -2.85. The Hall–Kier alpha value is -0.420. The normalized spacial score (nSPS) is 33.0. The molecule has 1 aliphatic carbocycles. The lowest BCUT2D eigenvalue weighted by atomic mass is 9.79. The smallest absolute Gasteiger partial charge is 0.151 e. The van der Waals surface area contributed by atoms with E-state index in [-0.39, 0.29) is 11.7 Å². The number of carbonyl (C=O) groups excluding carboxylic acids is 1. The summed E-state index contributed by atoms with van der Waals surface area (Å²) in [5.74, 6) is 1.76. The van der Waals surface area contributed by atoms with Crippen LogP contribution in [-0.2, 0) is 14.6 Å². The van der Waals surface area contributed by atoms with Crippen molar-refractivity contribution in [2.45, 2.75) is 39.0 Å². The highest BCUT2D eigenvalue weighted by Crippen LogP contribution is 2.29. The first-order chi connectivity index (χ1) is 9.00. The predicted octanol–water partition coefficient (Wildman–Crippen LogP) is 1.50. The van der Waals surface area contributed by atoms with Crippen LogP contribution in [0.4, 0.5) is 0 Å². The molecule has 0 N–H and O–H groups in total. The monoisotopic (exact) mass is 287 g/mol. The number of sulfone groups is 1. The van der Waals surface area contributed by atoms with Gasteiger partial charge in [-0.25, -0.2) is 8.42 Å². The molecular weight excluding hydrogens is 262 g/mol. The van der Waals surface area contributed by atoms with Crippen LogP contribution in [0.3, 0.4) is 0 Å². The van der Waals surface area contributed by atoms with Crippen molar-refractivity contribution < 1.29 is 13.2 Å². The van der Waals surface area contributed by atoms with Crippen LogP contribution < -0.4 is 0 Å². The summed E-state index contributed by atoms with van der Waals surface area (Å²) in [5.41, 5.74) is 0. The quantitative estimate of drug-likeness (QED) is 0.789. The van der Waals surface area contributed by atoms with Gasteiger partial charge in [-0.05, 0) is 31.7 Å². The van der Waals surface area contributed by atoms with E-state index in [4.69, 9.17) is 0 Å². The van der Waals surface area contributed by atoms with Gasteiger partial charge in [-0.15, -0.1) is 0 Å². The highest BCUT2D eigenvalue weighted by Gasteiger charge is 2.30. The Kier molecular flexibility index (Phi) is 5.01. The van der Waals surface area contributed by atoms with Gasteiger partial charge in [0.1, 0.15) is 5.78 Å². The van der Waals surface area contributed by atoms with E-state index in [0.29, 0.717) is 30.4 Å². The molecule has 2 fully saturated rings. The molecule has 2 rings (SSSR count). The molecule has 1 saturated heterocycles. The average molecular weight is 287 g/mol. The zero-order valence-corrected chi connectivity index (χ0v) is 12.6. The molecule has 0 bridgehead atoms. The fourth-order valence-corrected chi connectivity index (χ4v) is 4.54. The van der Waals surface area contributed by atoms with Gasteiger partial charge in [-0.3, -0.25) is 4.79 Å². The Morgan fingerprint density at radius 1 is 1.26 bits per heavy atom. The molecule has 0 aromatic heterocycles. The number of hydrogen-bond acceptors (Lipinski definition) is 4. The summed E-state index contributed by atoms with van der Waals surface area (Å²) in [6.07, 6.45) is 4.62. The summed E-state index contributed by atoms with van der Waals surface area (Å²) in [6, 6.07) is 0. The van der Waals surface area contributed by atoms with Crippen molar-refractivity contribution in [2.24, 2.45) is 11.8 Å². The maximum atomic E-state index is 12.0. The van der Waals surface area contributed by atoms with Crippen LogP contribution in [-0.4, -0.2) is 50.2 Å². The Morgan fingerprint density at radius 3 is 2.79 bits per heavy atom. The summed E-state index contributed by atoms with van der Waals surface area (Å²) in [5, 5.41) is 0. The van der Waals surface area contributed by atoms with Gasteiger partial charge in [0, 0.05) is 25.4 Å². The van der Waals surface area contributed by atoms with Crippen LogP contribution in [0.2, 0.25) is 0 Å². The summed E-state index contributed by atoms with van der Waals surface area (Å²) >= 11 is 0. The molecule has 0 radical (unpaired) electrons. The summed E-state index contributed by atoms with van der Waals surface area (Å²) in [4.78, 5) is 14.2. The van der Waals surface area contributed by atoms with E-state index >= 15 is 0 Å². The lowest BCUT2D eigenvalue weighted by molar-refractivity contribution is -0.126. The Balaban J connectivity index is 1.90. The Morgan fingerprint density at radius 2 is 2.05 bits per heavy atom. The van der Waals surface area contributed by atoms with E-state index in [0.717, 1.165) is 38.8 Å². The van der Waals surface area contributed by atoms with Crippen molar-refractivity contribution >= 4 is 15.6 Å². The summed E-state index contributed by atoms with van der Waals surface area (Å²) < 4.78 is 23.2. The second-order valence-corrected chi connectivity index (χ2v) is 8.32. The fourth-order valence-electron chi connectivity index (χ4n) is 3.23. The molecule has 2 aliphatic rings. The zero-order valence-electron chi connectivity index (χ0n) is 11.8. The van der Waals surface area contributed by atoms with Gasteiger partial charge in [-0.1, -0.05) is 13.3 Å².